The summed E-state index contributed by atoms with van der Waals surface area (Å²) in [4.78, 5) is 11.9. The quantitative estimate of drug-likeness (QED) is 0.703. The van der Waals surface area contributed by atoms with Gasteiger partial charge in [0.25, 0.3) is 0 Å². The molecule has 4 N–H and O–H groups in total. The van der Waals surface area contributed by atoms with Gasteiger partial charge in [-0.05, 0) is 36.5 Å². The fourth-order valence-corrected chi connectivity index (χ4v) is 2.54. The lowest BCUT2D eigenvalue weighted by atomic mass is 9.87. The Balaban J connectivity index is 1.93. The number of nitrogen functional groups attached to an aromatic ring is 1. The maximum absolute atomic E-state index is 11.9. The van der Waals surface area contributed by atoms with Crippen LogP contribution in [0.4, 0.5) is 16.2 Å². The Labute approximate surface area is 108 Å². The summed E-state index contributed by atoms with van der Waals surface area (Å²) in [5, 5.41) is 5.86. The molecule has 1 aliphatic carbocycles. The fourth-order valence-electron chi connectivity index (χ4n) is 2.54. The molecule has 0 aliphatic heterocycles. The van der Waals surface area contributed by atoms with Gasteiger partial charge in [0.2, 0.25) is 0 Å². The van der Waals surface area contributed by atoms with E-state index in [4.69, 9.17) is 5.73 Å². The smallest absolute Gasteiger partial charge is 0.319 e. The molecule has 1 fully saturated rings. The molecule has 18 heavy (non-hydrogen) atoms. The van der Waals surface area contributed by atoms with E-state index in [1.54, 1.807) is 12.1 Å². The maximum Gasteiger partial charge on any atom is 0.319 e. The van der Waals surface area contributed by atoms with Crippen molar-refractivity contribution in [3.8, 4) is 0 Å². The van der Waals surface area contributed by atoms with Gasteiger partial charge in [-0.25, -0.2) is 4.79 Å². The van der Waals surface area contributed by atoms with E-state index >= 15 is 0 Å². The molecule has 98 valence electrons. The second-order valence-corrected chi connectivity index (χ2v) is 5.66. The summed E-state index contributed by atoms with van der Waals surface area (Å²) in [6.07, 6.45) is 3.39. The van der Waals surface area contributed by atoms with Gasteiger partial charge in [0, 0.05) is 17.4 Å². The predicted molar refractivity (Wildman–Crippen MR) is 74.4 cm³/mol. The van der Waals surface area contributed by atoms with E-state index in [2.05, 4.69) is 24.5 Å². The van der Waals surface area contributed by atoms with Crippen LogP contribution in [0.2, 0.25) is 0 Å². The van der Waals surface area contributed by atoms with Crippen molar-refractivity contribution in [2.45, 2.75) is 39.2 Å². The zero-order chi connectivity index (χ0) is 13.2. The summed E-state index contributed by atoms with van der Waals surface area (Å²) in [6, 6.07) is 7.29. The van der Waals surface area contributed by atoms with Crippen LogP contribution in [0.5, 0.6) is 0 Å². The predicted octanol–water partition coefficient (Wildman–Crippen LogP) is 2.97. The number of benzene rings is 1. The first-order valence-electron chi connectivity index (χ1n) is 6.40. The molecule has 0 bridgehead atoms. The minimum absolute atomic E-state index is 0.152. The normalized spacial score (nSPS) is 21.6. The Kier molecular flexibility index (Phi) is 3.45. The fraction of sp³-hybridized carbons (Fsp3) is 0.500. The molecular weight excluding hydrogens is 226 g/mol. The molecule has 1 aromatic rings. The molecule has 2 amide bonds. The van der Waals surface area contributed by atoms with Gasteiger partial charge in [-0.1, -0.05) is 26.3 Å². The highest BCUT2D eigenvalue weighted by molar-refractivity contribution is 5.90. The molecule has 1 atom stereocenters. The number of hydrogen-bond donors (Lipinski definition) is 3. The van der Waals surface area contributed by atoms with Crippen molar-refractivity contribution >= 4 is 17.4 Å². The summed E-state index contributed by atoms with van der Waals surface area (Å²) < 4.78 is 0. The minimum Gasteiger partial charge on any atom is -0.399 e. The highest BCUT2D eigenvalue weighted by Gasteiger charge is 2.35. The first-order chi connectivity index (χ1) is 8.47. The molecule has 0 radical (unpaired) electrons. The molecule has 0 aromatic heterocycles. The summed E-state index contributed by atoms with van der Waals surface area (Å²) >= 11 is 0. The molecule has 0 spiro atoms. The van der Waals surface area contributed by atoms with E-state index in [-0.39, 0.29) is 17.5 Å². The topological polar surface area (TPSA) is 67.2 Å². The van der Waals surface area contributed by atoms with Crippen molar-refractivity contribution in [2.24, 2.45) is 5.41 Å². The van der Waals surface area contributed by atoms with E-state index in [1.165, 1.54) is 6.42 Å². The van der Waals surface area contributed by atoms with Gasteiger partial charge in [0.1, 0.15) is 0 Å². The third-order valence-electron chi connectivity index (χ3n) is 3.71. The Hall–Kier alpha value is -1.71. The number of amides is 2. The van der Waals surface area contributed by atoms with Gasteiger partial charge in [0.15, 0.2) is 0 Å². The highest BCUT2D eigenvalue weighted by Crippen LogP contribution is 2.37. The first kappa shape index (κ1) is 12.7. The number of nitrogens with two attached hydrogens (primary N) is 1. The standard InChI is InChI=1S/C14H21N3O/c1-14(2)8-4-7-12(14)17-13(18)16-11-6-3-5-10(15)9-11/h3,5-6,9,12H,4,7-8,15H2,1-2H3,(H2,16,17,18). The van der Waals surface area contributed by atoms with Gasteiger partial charge in [-0.2, -0.15) is 0 Å². The average Bonchev–Trinajstić information content (AvgIpc) is 2.58. The second-order valence-electron chi connectivity index (χ2n) is 5.66. The minimum atomic E-state index is -0.152. The Bertz CT molecular complexity index is 442. The van der Waals surface area contributed by atoms with Gasteiger partial charge >= 0.3 is 6.03 Å². The number of urea groups is 1. The SMILES string of the molecule is CC1(C)CCCC1NC(=O)Nc1cccc(N)c1. The van der Waals surface area contributed by atoms with Gasteiger partial charge in [-0.3, -0.25) is 0 Å². The second kappa shape index (κ2) is 4.88. The summed E-state index contributed by atoms with van der Waals surface area (Å²) in [5.41, 5.74) is 7.23. The monoisotopic (exact) mass is 247 g/mol. The van der Waals surface area contributed by atoms with Crippen LogP contribution in [0.1, 0.15) is 33.1 Å². The number of rotatable bonds is 2. The third kappa shape index (κ3) is 2.94. The lowest BCUT2D eigenvalue weighted by Gasteiger charge is -2.27. The molecule has 4 heteroatoms. The van der Waals surface area contributed by atoms with Crippen molar-refractivity contribution in [1.29, 1.82) is 0 Å². The van der Waals surface area contributed by atoms with Gasteiger partial charge in [-0.15, -0.1) is 0 Å². The van der Waals surface area contributed by atoms with Crippen LogP contribution >= 0.6 is 0 Å². The zero-order valence-electron chi connectivity index (χ0n) is 11.0. The molecule has 0 heterocycles. The van der Waals surface area contributed by atoms with Crippen molar-refractivity contribution in [1.82, 2.24) is 5.32 Å². The average molecular weight is 247 g/mol. The Morgan fingerprint density at radius 2 is 2.22 bits per heavy atom. The van der Waals surface area contributed by atoms with E-state index < -0.39 is 0 Å². The maximum atomic E-state index is 11.9. The number of hydrogen-bond acceptors (Lipinski definition) is 2. The largest absolute Gasteiger partial charge is 0.399 e. The van der Waals surface area contributed by atoms with Crippen LogP contribution in [0.25, 0.3) is 0 Å². The van der Waals surface area contributed by atoms with Gasteiger partial charge in [0.05, 0.1) is 0 Å². The van der Waals surface area contributed by atoms with Crippen molar-refractivity contribution in [3.05, 3.63) is 24.3 Å². The van der Waals surface area contributed by atoms with Crippen LogP contribution in [-0.4, -0.2) is 12.1 Å². The van der Waals surface area contributed by atoms with Crippen LogP contribution < -0.4 is 16.4 Å². The van der Waals surface area contributed by atoms with Crippen LogP contribution in [0.3, 0.4) is 0 Å². The lowest BCUT2D eigenvalue weighted by Crippen LogP contribution is -2.43. The number of nitrogens with one attached hydrogen (secondary N) is 2. The Morgan fingerprint density at radius 1 is 1.44 bits per heavy atom. The third-order valence-corrected chi connectivity index (χ3v) is 3.71. The van der Waals surface area contributed by atoms with E-state index in [0.29, 0.717) is 5.69 Å². The zero-order valence-corrected chi connectivity index (χ0v) is 11.0. The van der Waals surface area contributed by atoms with Crippen LogP contribution in [-0.2, 0) is 0 Å². The molecule has 0 saturated heterocycles. The van der Waals surface area contributed by atoms with Crippen LogP contribution in [0.15, 0.2) is 24.3 Å². The van der Waals surface area contributed by atoms with E-state index in [1.807, 2.05) is 12.1 Å². The van der Waals surface area contributed by atoms with Crippen molar-refractivity contribution < 1.29 is 4.79 Å². The molecular formula is C14H21N3O. The van der Waals surface area contributed by atoms with Gasteiger partial charge < -0.3 is 16.4 Å². The first-order valence-corrected chi connectivity index (χ1v) is 6.40. The van der Waals surface area contributed by atoms with Crippen molar-refractivity contribution in [3.63, 3.8) is 0 Å². The molecule has 2 rings (SSSR count). The number of anilines is 2. The lowest BCUT2D eigenvalue weighted by molar-refractivity contribution is 0.233. The Morgan fingerprint density at radius 3 is 2.83 bits per heavy atom. The molecule has 4 nitrogen and oxygen atoms in total. The summed E-state index contributed by atoms with van der Waals surface area (Å²) in [5.74, 6) is 0. The summed E-state index contributed by atoms with van der Waals surface area (Å²) in [6.45, 7) is 4.40. The number of carbonyl (C=O) groups is 1. The molecule has 1 saturated carbocycles. The molecule has 1 unspecified atom stereocenters. The number of carbonyl (C=O) groups excluding carboxylic acids is 1. The highest BCUT2D eigenvalue weighted by atomic mass is 16.2. The van der Waals surface area contributed by atoms with Crippen molar-refractivity contribution in [2.75, 3.05) is 11.1 Å². The summed E-state index contributed by atoms with van der Waals surface area (Å²) in [7, 11) is 0. The van der Waals surface area contributed by atoms with E-state index in [9.17, 15) is 4.79 Å². The van der Waals surface area contributed by atoms with Crippen LogP contribution in [0, 0.1) is 5.41 Å². The van der Waals surface area contributed by atoms with E-state index in [0.717, 1.165) is 18.5 Å². The molecule has 1 aliphatic rings. The molecule has 1 aromatic carbocycles.